The van der Waals surface area contributed by atoms with E-state index >= 15 is 0 Å². The first kappa shape index (κ1) is 18.3. The van der Waals surface area contributed by atoms with Crippen LogP contribution in [-0.4, -0.2) is 44.0 Å². The first-order valence-electron chi connectivity index (χ1n) is 7.57. The molecule has 1 saturated heterocycles. The predicted octanol–water partition coefficient (Wildman–Crippen LogP) is 2.09. The van der Waals surface area contributed by atoms with Crippen LogP contribution in [0.2, 0.25) is 0 Å². The summed E-state index contributed by atoms with van der Waals surface area (Å²) in [6.45, 7) is 5.42. The van der Waals surface area contributed by atoms with Gasteiger partial charge in [0.1, 0.15) is 6.10 Å². The molecule has 24 heavy (non-hydrogen) atoms. The Labute approximate surface area is 141 Å². The quantitative estimate of drug-likeness (QED) is 0.751. The zero-order valence-electron chi connectivity index (χ0n) is 14.1. The van der Waals surface area contributed by atoms with Gasteiger partial charge in [0.15, 0.2) is 0 Å². The fourth-order valence-corrected chi connectivity index (χ4v) is 4.15. The Kier molecular flexibility index (Phi) is 5.17. The molecule has 0 saturated carbocycles. The molecule has 0 radical (unpaired) electrons. The average Bonchev–Trinajstić information content (AvgIpc) is 2.84. The van der Waals surface area contributed by atoms with Crippen molar-refractivity contribution in [2.24, 2.45) is 5.92 Å². The first-order chi connectivity index (χ1) is 11.2. The number of ether oxygens (including phenoxy) is 2. The average molecular weight is 355 g/mol. The normalized spacial score (nSPS) is 21.0. The third-order valence-electron chi connectivity index (χ3n) is 3.94. The van der Waals surface area contributed by atoms with Gasteiger partial charge in [-0.15, -0.1) is 0 Å². The van der Waals surface area contributed by atoms with Crippen molar-refractivity contribution < 1.29 is 27.5 Å². The van der Waals surface area contributed by atoms with Crippen LogP contribution in [0.5, 0.6) is 0 Å². The van der Waals surface area contributed by atoms with Crippen LogP contribution in [0.25, 0.3) is 0 Å². The molecule has 1 amide bonds. The Morgan fingerprint density at radius 2 is 1.88 bits per heavy atom. The van der Waals surface area contributed by atoms with Gasteiger partial charge in [-0.2, -0.15) is 4.31 Å². The molecule has 0 spiro atoms. The lowest BCUT2D eigenvalue weighted by molar-refractivity contribution is -0.141. The summed E-state index contributed by atoms with van der Waals surface area (Å²) >= 11 is 0. The van der Waals surface area contributed by atoms with Gasteiger partial charge in [0, 0.05) is 0 Å². The summed E-state index contributed by atoms with van der Waals surface area (Å²) in [6, 6.07) is 5.20. The van der Waals surface area contributed by atoms with Crippen LogP contribution in [0.15, 0.2) is 29.2 Å². The number of carbonyl (C=O) groups excluding carboxylic acids is 2. The molecule has 1 aromatic rings. The third-order valence-corrected chi connectivity index (χ3v) is 5.74. The topological polar surface area (TPSA) is 90.0 Å². The summed E-state index contributed by atoms with van der Waals surface area (Å²) < 4.78 is 36.3. The molecule has 132 valence electrons. The van der Waals surface area contributed by atoms with E-state index < -0.39 is 34.2 Å². The molecule has 1 fully saturated rings. The van der Waals surface area contributed by atoms with Crippen LogP contribution in [0.4, 0.5) is 4.79 Å². The molecule has 2 atom stereocenters. The van der Waals surface area contributed by atoms with Gasteiger partial charge >= 0.3 is 12.1 Å². The molecule has 0 aliphatic carbocycles. The zero-order chi connectivity index (χ0) is 18.1. The molecular weight excluding hydrogens is 334 g/mol. The van der Waals surface area contributed by atoms with E-state index in [2.05, 4.69) is 4.74 Å². The fourth-order valence-electron chi connectivity index (χ4n) is 2.65. The maximum atomic E-state index is 12.9. The van der Waals surface area contributed by atoms with Crippen molar-refractivity contribution in [1.82, 2.24) is 4.31 Å². The van der Waals surface area contributed by atoms with Gasteiger partial charge < -0.3 is 9.47 Å². The minimum absolute atomic E-state index is 0.0238. The number of nitrogens with zero attached hydrogens (tertiary/aromatic N) is 1. The number of cyclic esters (lactones) is 1. The van der Waals surface area contributed by atoms with Crippen molar-refractivity contribution in [1.29, 1.82) is 0 Å². The van der Waals surface area contributed by atoms with Crippen LogP contribution < -0.4 is 0 Å². The number of amides is 1. The van der Waals surface area contributed by atoms with Gasteiger partial charge in [0.25, 0.3) is 10.0 Å². The monoisotopic (exact) mass is 355 g/mol. The summed E-state index contributed by atoms with van der Waals surface area (Å²) in [5.74, 6) is -0.755. The maximum Gasteiger partial charge on any atom is 0.424 e. The van der Waals surface area contributed by atoms with E-state index in [1.54, 1.807) is 26.0 Å². The van der Waals surface area contributed by atoms with Crippen molar-refractivity contribution in [3.8, 4) is 0 Å². The number of hydrogen-bond donors (Lipinski definition) is 0. The van der Waals surface area contributed by atoms with E-state index in [1.807, 2.05) is 6.92 Å². The Morgan fingerprint density at radius 3 is 2.38 bits per heavy atom. The summed E-state index contributed by atoms with van der Waals surface area (Å²) in [5.41, 5.74) is 0.893. The van der Waals surface area contributed by atoms with Gasteiger partial charge in [0.05, 0.1) is 24.5 Å². The standard InChI is InChI=1S/C16H21NO6S/c1-10(2)15-13(9-14(18)22-4)17(16(19)23-15)24(20,21)12-7-5-11(3)6-8-12/h5-8,10,13,15H,9H2,1-4H3/t13-,15-/m1/s1. The highest BCUT2D eigenvalue weighted by Crippen LogP contribution is 2.32. The maximum absolute atomic E-state index is 12.9. The minimum Gasteiger partial charge on any atom is -0.469 e. The van der Waals surface area contributed by atoms with E-state index in [0.717, 1.165) is 5.56 Å². The van der Waals surface area contributed by atoms with Crippen molar-refractivity contribution in [3.05, 3.63) is 29.8 Å². The molecule has 0 bridgehead atoms. The molecule has 2 rings (SSSR count). The highest BCUT2D eigenvalue weighted by atomic mass is 32.2. The Balaban J connectivity index is 2.45. The Morgan fingerprint density at radius 1 is 1.29 bits per heavy atom. The Hall–Kier alpha value is -2.09. The second-order valence-electron chi connectivity index (χ2n) is 6.05. The number of sulfonamides is 1. The number of benzene rings is 1. The number of hydrogen-bond acceptors (Lipinski definition) is 6. The SMILES string of the molecule is COC(=O)C[C@@H]1[C@@H](C(C)C)OC(=O)N1S(=O)(=O)c1ccc(C)cc1. The van der Waals surface area contributed by atoms with Gasteiger partial charge in [0.2, 0.25) is 0 Å². The van der Waals surface area contributed by atoms with Crippen LogP contribution in [0.1, 0.15) is 25.8 Å². The summed E-state index contributed by atoms with van der Waals surface area (Å²) in [4.78, 5) is 23.9. The molecule has 0 N–H and O–H groups in total. The lowest BCUT2D eigenvalue weighted by atomic mass is 9.98. The van der Waals surface area contributed by atoms with Gasteiger partial charge in [-0.25, -0.2) is 13.2 Å². The molecule has 7 nitrogen and oxygen atoms in total. The molecule has 1 aliphatic rings. The van der Waals surface area contributed by atoms with Crippen molar-refractivity contribution in [2.75, 3.05) is 7.11 Å². The number of carbonyl (C=O) groups is 2. The number of esters is 1. The third kappa shape index (κ3) is 3.38. The second-order valence-corrected chi connectivity index (χ2v) is 7.87. The van der Waals surface area contributed by atoms with Crippen LogP contribution in [0, 0.1) is 12.8 Å². The highest BCUT2D eigenvalue weighted by Gasteiger charge is 2.50. The van der Waals surface area contributed by atoms with E-state index in [0.29, 0.717) is 4.31 Å². The largest absolute Gasteiger partial charge is 0.469 e. The van der Waals surface area contributed by atoms with E-state index in [9.17, 15) is 18.0 Å². The summed E-state index contributed by atoms with van der Waals surface area (Å²) in [5, 5.41) is 0. The van der Waals surface area contributed by atoms with E-state index in [-0.39, 0.29) is 17.2 Å². The molecule has 0 unspecified atom stereocenters. The lowest BCUT2D eigenvalue weighted by Crippen LogP contribution is -2.43. The van der Waals surface area contributed by atoms with E-state index in [1.165, 1.54) is 19.2 Å². The van der Waals surface area contributed by atoms with Crippen LogP contribution in [-0.2, 0) is 24.3 Å². The summed E-state index contributed by atoms with van der Waals surface area (Å²) in [6.07, 6.45) is -1.93. The molecule has 1 heterocycles. The first-order valence-corrected chi connectivity index (χ1v) is 9.01. The molecule has 8 heteroatoms. The molecular formula is C16H21NO6S. The van der Waals surface area contributed by atoms with Crippen LogP contribution >= 0.6 is 0 Å². The zero-order valence-corrected chi connectivity index (χ0v) is 14.9. The molecule has 1 aliphatic heterocycles. The summed E-state index contributed by atoms with van der Waals surface area (Å²) in [7, 11) is -2.91. The smallest absolute Gasteiger partial charge is 0.424 e. The highest BCUT2D eigenvalue weighted by molar-refractivity contribution is 7.89. The number of rotatable bonds is 5. The van der Waals surface area contributed by atoms with E-state index in [4.69, 9.17) is 4.74 Å². The van der Waals surface area contributed by atoms with Gasteiger partial charge in [-0.05, 0) is 25.0 Å². The second kappa shape index (κ2) is 6.80. The number of methoxy groups -OCH3 is 1. The minimum atomic E-state index is -4.12. The fraction of sp³-hybridized carbons (Fsp3) is 0.500. The Bertz CT molecular complexity index is 725. The van der Waals surface area contributed by atoms with Crippen molar-refractivity contribution in [2.45, 2.75) is 44.2 Å². The van der Waals surface area contributed by atoms with Gasteiger partial charge in [-0.1, -0.05) is 31.5 Å². The van der Waals surface area contributed by atoms with Crippen LogP contribution in [0.3, 0.4) is 0 Å². The molecule has 1 aromatic carbocycles. The molecule has 0 aromatic heterocycles. The number of aryl methyl sites for hydroxylation is 1. The van der Waals surface area contributed by atoms with Gasteiger partial charge in [-0.3, -0.25) is 4.79 Å². The predicted molar refractivity (Wildman–Crippen MR) is 85.7 cm³/mol. The van der Waals surface area contributed by atoms with Crippen molar-refractivity contribution >= 4 is 22.1 Å². The van der Waals surface area contributed by atoms with Crippen molar-refractivity contribution in [3.63, 3.8) is 0 Å². The lowest BCUT2D eigenvalue weighted by Gasteiger charge is -2.25.